The lowest BCUT2D eigenvalue weighted by molar-refractivity contribution is -0.121. The maximum atomic E-state index is 11.3. The Morgan fingerprint density at radius 1 is 1.31 bits per heavy atom. The predicted molar refractivity (Wildman–Crippen MR) is 68.2 cm³/mol. The molecule has 1 amide bonds. The van der Waals surface area contributed by atoms with Gasteiger partial charge in [0.05, 0.1) is 6.04 Å². The molecule has 3 N–H and O–H groups in total. The summed E-state index contributed by atoms with van der Waals surface area (Å²) in [6.07, 6.45) is 0.964. The highest BCUT2D eigenvalue weighted by molar-refractivity contribution is 5.80. The largest absolute Gasteiger partial charge is 0.368 e. The van der Waals surface area contributed by atoms with Crippen LogP contribution in [0.15, 0.2) is 0 Å². The molecule has 16 heavy (non-hydrogen) atoms. The molecule has 0 aromatic heterocycles. The zero-order valence-electron chi connectivity index (χ0n) is 11.1. The van der Waals surface area contributed by atoms with Gasteiger partial charge in [0.2, 0.25) is 5.91 Å². The van der Waals surface area contributed by atoms with Gasteiger partial charge in [-0.25, -0.2) is 0 Å². The van der Waals surface area contributed by atoms with Gasteiger partial charge in [-0.3, -0.25) is 4.79 Å². The second-order valence-electron chi connectivity index (χ2n) is 4.25. The van der Waals surface area contributed by atoms with Crippen LogP contribution in [-0.4, -0.2) is 43.0 Å². The van der Waals surface area contributed by atoms with Crippen LogP contribution in [0, 0.1) is 5.92 Å². The molecule has 4 heteroatoms. The summed E-state index contributed by atoms with van der Waals surface area (Å²) in [7, 11) is 0. The molecule has 0 rings (SSSR count). The molecule has 0 aliphatic carbocycles. The predicted octanol–water partition coefficient (Wildman–Crippen LogP) is 0.818. The van der Waals surface area contributed by atoms with E-state index in [0.29, 0.717) is 5.92 Å². The van der Waals surface area contributed by atoms with E-state index < -0.39 is 0 Å². The summed E-state index contributed by atoms with van der Waals surface area (Å²) in [6, 6.07) is -0.194. The van der Waals surface area contributed by atoms with Crippen LogP contribution in [0.1, 0.15) is 34.1 Å². The monoisotopic (exact) mass is 229 g/mol. The van der Waals surface area contributed by atoms with Crippen LogP contribution >= 0.6 is 0 Å². The molecule has 0 heterocycles. The number of rotatable bonds is 9. The van der Waals surface area contributed by atoms with Crippen molar-refractivity contribution in [3.8, 4) is 0 Å². The fourth-order valence-corrected chi connectivity index (χ4v) is 1.74. The maximum absolute atomic E-state index is 11.3. The molecule has 0 fully saturated rings. The van der Waals surface area contributed by atoms with E-state index in [4.69, 9.17) is 5.73 Å². The first-order valence-electron chi connectivity index (χ1n) is 6.31. The second kappa shape index (κ2) is 8.53. The van der Waals surface area contributed by atoms with Crippen molar-refractivity contribution < 1.29 is 4.79 Å². The Morgan fingerprint density at radius 3 is 2.25 bits per heavy atom. The molecule has 0 aromatic carbocycles. The van der Waals surface area contributed by atoms with E-state index in [0.717, 1.165) is 32.6 Å². The summed E-state index contributed by atoms with van der Waals surface area (Å²) in [6.45, 7) is 12.3. The van der Waals surface area contributed by atoms with Crippen LogP contribution in [0.4, 0.5) is 0 Å². The first-order valence-corrected chi connectivity index (χ1v) is 6.31. The van der Waals surface area contributed by atoms with Crippen molar-refractivity contribution >= 4 is 5.91 Å². The Kier molecular flexibility index (Phi) is 8.21. The molecule has 0 saturated carbocycles. The van der Waals surface area contributed by atoms with Crippen LogP contribution < -0.4 is 11.1 Å². The number of primary amides is 1. The Balaban J connectivity index is 3.98. The third-order valence-electron chi connectivity index (χ3n) is 3.21. The number of carbonyl (C=O) groups excluding carboxylic acids is 1. The van der Waals surface area contributed by atoms with Gasteiger partial charge in [-0.2, -0.15) is 0 Å². The molecule has 0 radical (unpaired) electrons. The van der Waals surface area contributed by atoms with Crippen LogP contribution in [0.5, 0.6) is 0 Å². The van der Waals surface area contributed by atoms with E-state index in [1.165, 1.54) is 0 Å². The lowest BCUT2D eigenvalue weighted by Crippen LogP contribution is -2.48. The molecular formula is C12H27N3O. The molecule has 96 valence electrons. The van der Waals surface area contributed by atoms with Crippen LogP contribution in [-0.2, 0) is 4.79 Å². The van der Waals surface area contributed by atoms with Crippen molar-refractivity contribution in [1.82, 2.24) is 10.2 Å². The smallest absolute Gasteiger partial charge is 0.234 e. The van der Waals surface area contributed by atoms with Gasteiger partial charge in [-0.05, 0) is 19.0 Å². The van der Waals surface area contributed by atoms with Gasteiger partial charge >= 0.3 is 0 Å². The molecule has 0 aliphatic rings. The molecule has 4 nitrogen and oxygen atoms in total. The van der Waals surface area contributed by atoms with Gasteiger partial charge in [0.15, 0.2) is 0 Å². The summed E-state index contributed by atoms with van der Waals surface area (Å²) < 4.78 is 0. The van der Waals surface area contributed by atoms with Crippen LogP contribution in [0.25, 0.3) is 0 Å². The minimum atomic E-state index is -0.242. The van der Waals surface area contributed by atoms with Crippen molar-refractivity contribution in [3.05, 3.63) is 0 Å². The van der Waals surface area contributed by atoms with Crippen molar-refractivity contribution in [3.63, 3.8) is 0 Å². The van der Waals surface area contributed by atoms with E-state index in [1.807, 2.05) is 0 Å². The SMILES string of the molecule is CCC(C)C(NCCN(CC)CC)C(N)=O. The molecule has 2 atom stereocenters. The number of nitrogens with one attached hydrogen (secondary N) is 1. The average molecular weight is 229 g/mol. The van der Waals surface area contributed by atoms with Crippen LogP contribution in [0.2, 0.25) is 0 Å². The molecule has 2 unspecified atom stereocenters. The van der Waals surface area contributed by atoms with Gasteiger partial charge in [0, 0.05) is 13.1 Å². The fourth-order valence-electron chi connectivity index (χ4n) is 1.74. The highest BCUT2D eigenvalue weighted by atomic mass is 16.1. The first kappa shape index (κ1) is 15.4. The van der Waals surface area contributed by atoms with Gasteiger partial charge in [0.25, 0.3) is 0 Å². The fraction of sp³-hybridized carbons (Fsp3) is 0.917. The van der Waals surface area contributed by atoms with Crippen LogP contribution in [0.3, 0.4) is 0 Å². The van der Waals surface area contributed by atoms with Gasteiger partial charge in [0.1, 0.15) is 0 Å². The number of hydrogen-bond donors (Lipinski definition) is 2. The van der Waals surface area contributed by atoms with E-state index in [9.17, 15) is 4.79 Å². The zero-order chi connectivity index (χ0) is 12.6. The highest BCUT2D eigenvalue weighted by Gasteiger charge is 2.20. The number of likely N-dealkylation sites (N-methyl/N-ethyl adjacent to an activating group) is 1. The number of nitrogens with two attached hydrogens (primary N) is 1. The molecule has 0 aliphatic heterocycles. The summed E-state index contributed by atoms with van der Waals surface area (Å²) >= 11 is 0. The Morgan fingerprint density at radius 2 is 1.88 bits per heavy atom. The Hall–Kier alpha value is -0.610. The Labute approximate surface area is 99.6 Å². The molecule has 0 aromatic rings. The third-order valence-corrected chi connectivity index (χ3v) is 3.21. The van der Waals surface area contributed by atoms with E-state index in [-0.39, 0.29) is 11.9 Å². The number of carbonyl (C=O) groups is 1. The summed E-state index contributed by atoms with van der Waals surface area (Å²) in [5, 5.41) is 3.25. The first-order chi connectivity index (χ1) is 7.56. The minimum absolute atomic E-state index is 0.194. The number of nitrogens with zero attached hydrogens (tertiary/aromatic N) is 1. The van der Waals surface area contributed by atoms with Crippen molar-refractivity contribution in [2.45, 2.75) is 40.2 Å². The van der Waals surface area contributed by atoms with Gasteiger partial charge in [-0.1, -0.05) is 34.1 Å². The lowest BCUT2D eigenvalue weighted by Gasteiger charge is -2.24. The molecule has 0 bridgehead atoms. The van der Waals surface area contributed by atoms with Crippen molar-refractivity contribution in [1.29, 1.82) is 0 Å². The molecular weight excluding hydrogens is 202 g/mol. The maximum Gasteiger partial charge on any atom is 0.234 e. The van der Waals surface area contributed by atoms with Gasteiger partial charge < -0.3 is 16.0 Å². The highest BCUT2D eigenvalue weighted by Crippen LogP contribution is 2.06. The van der Waals surface area contributed by atoms with E-state index >= 15 is 0 Å². The van der Waals surface area contributed by atoms with Crippen molar-refractivity contribution in [2.75, 3.05) is 26.2 Å². The Bertz CT molecular complexity index is 193. The van der Waals surface area contributed by atoms with E-state index in [1.54, 1.807) is 0 Å². The topological polar surface area (TPSA) is 58.4 Å². The van der Waals surface area contributed by atoms with Gasteiger partial charge in [-0.15, -0.1) is 0 Å². The van der Waals surface area contributed by atoms with Crippen molar-refractivity contribution in [2.24, 2.45) is 11.7 Å². The lowest BCUT2D eigenvalue weighted by atomic mass is 9.99. The average Bonchev–Trinajstić information content (AvgIpc) is 2.28. The zero-order valence-corrected chi connectivity index (χ0v) is 11.1. The number of amides is 1. The summed E-state index contributed by atoms with van der Waals surface area (Å²) in [4.78, 5) is 13.6. The third kappa shape index (κ3) is 5.47. The summed E-state index contributed by atoms with van der Waals surface area (Å²) in [5.74, 6) is 0.0584. The standard InChI is InChI=1S/C12H27N3O/c1-5-10(4)11(12(13)16)14-8-9-15(6-2)7-3/h10-11,14H,5-9H2,1-4H3,(H2,13,16). The summed E-state index contributed by atoms with van der Waals surface area (Å²) in [5.41, 5.74) is 5.38. The molecule has 0 saturated heterocycles. The van der Waals surface area contributed by atoms with E-state index in [2.05, 4.69) is 37.9 Å². The number of hydrogen-bond acceptors (Lipinski definition) is 3. The second-order valence-corrected chi connectivity index (χ2v) is 4.25. The minimum Gasteiger partial charge on any atom is -0.368 e. The quantitative estimate of drug-likeness (QED) is 0.615. The normalized spacial score (nSPS) is 15.1. The molecule has 0 spiro atoms.